The Balaban J connectivity index is 0.00000121. The number of alkyl halides is 1. The molecule has 2 N–H and O–H groups in total. The van der Waals surface area contributed by atoms with Crippen molar-refractivity contribution >= 4 is 28.3 Å². The van der Waals surface area contributed by atoms with Gasteiger partial charge in [-0.3, -0.25) is 0 Å². The van der Waals surface area contributed by atoms with Crippen LogP contribution in [0.15, 0.2) is 22.9 Å². The van der Waals surface area contributed by atoms with Crippen molar-refractivity contribution < 1.29 is 4.39 Å². The summed E-state index contributed by atoms with van der Waals surface area (Å²) in [6.45, 7) is -0.545. The van der Waals surface area contributed by atoms with Crippen LogP contribution in [-0.2, 0) is 0 Å². The Labute approximate surface area is 84.9 Å². The molecular formula is C7H9BrClFN2. The van der Waals surface area contributed by atoms with Crippen LogP contribution in [-0.4, -0.2) is 11.7 Å². The van der Waals surface area contributed by atoms with Crippen LogP contribution in [0.3, 0.4) is 0 Å². The van der Waals surface area contributed by atoms with E-state index in [9.17, 15) is 4.39 Å². The summed E-state index contributed by atoms with van der Waals surface area (Å²) in [6.07, 6.45) is 1.59. The number of hydrogen-bond acceptors (Lipinski definition) is 2. The van der Waals surface area contributed by atoms with Gasteiger partial charge in [-0.1, -0.05) is 0 Å². The summed E-state index contributed by atoms with van der Waals surface area (Å²) in [5.41, 5.74) is 6.20. The largest absolute Gasteiger partial charge is 0.322 e. The summed E-state index contributed by atoms with van der Waals surface area (Å²) in [6, 6.07) is 2.88. The van der Waals surface area contributed by atoms with Crippen LogP contribution in [0.1, 0.15) is 11.6 Å². The van der Waals surface area contributed by atoms with Crippen LogP contribution in [0.4, 0.5) is 4.39 Å². The lowest BCUT2D eigenvalue weighted by atomic mass is 10.1. The Morgan fingerprint density at radius 3 is 2.83 bits per heavy atom. The molecule has 0 aliphatic carbocycles. The van der Waals surface area contributed by atoms with Crippen molar-refractivity contribution in [1.82, 2.24) is 4.98 Å². The van der Waals surface area contributed by atoms with E-state index in [1.54, 1.807) is 18.3 Å². The monoisotopic (exact) mass is 254 g/mol. The van der Waals surface area contributed by atoms with E-state index in [1.165, 1.54) is 0 Å². The second kappa shape index (κ2) is 5.45. The zero-order chi connectivity index (χ0) is 8.27. The molecule has 0 radical (unpaired) electrons. The van der Waals surface area contributed by atoms with Crippen molar-refractivity contribution in [1.29, 1.82) is 0 Å². The third kappa shape index (κ3) is 3.05. The van der Waals surface area contributed by atoms with Gasteiger partial charge in [0.25, 0.3) is 0 Å². The summed E-state index contributed by atoms with van der Waals surface area (Å²) in [5.74, 6) is 0. The van der Waals surface area contributed by atoms with Crippen LogP contribution in [0.25, 0.3) is 0 Å². The number of nitrogens with two attached hydrogens (primary N) is 1. The molecule has 0 aromatic carbocycles. The van der Waals surface area contributed by atoms with Crippen molar-refractivity contribution in [3.05, 3.63) is 28.5 Å². The minimum atomic E-state index is -0.545. The third-order valence-corrected chi connectivity index (χ3v) is 1.78. The Morgan fingerprint density at radius 1 is 1.67 bits per heavy atom. The van der Waals surface area contributed by atoms with Crippen LogP contribution in [0.5, 0.6) is 0 Å². The Kier molecular flexibility index (Phi) is 5.37. The zero-order valence-electron chi connectivity index (χ0n) is 6.21. The second-order valence-corrected chi connectivity index (χ2v) is 2.99. The number of pyridine rings is 1. The highest BCUT2D eigenvalue weighted by Gasteiger charge is 2.04. The van der Waals surface area contributed by atoms with E-state index < -0.39 is 12.7 Å². The van der Waals surface area contributed by atoms with E-state index in [-0.39, 0.29) is 12.4 Å². The molecule has 2 nitrogen and oxygen atoms in total. The molecule has 0 aliphatic heterocycles. The molecule has 0 amide bonds. The maximum absolute atomic E-state index is 12.0. The first-order valence-electron chi connectivity index (χ1n) is 3.17. The number of hydrogen-bond donors (Lipinski definition) is 1. The van der Waals surface area contributed by atoms with Crippen molar-refractivity contribution in [2.75, 3.05) is 6.67 Å². The summed E-state index contributed by atoms with van der Waals surface area (Å²) in [7, 11) is 0. The standard InChI is InChI=1S/C7H8BrFN2.ClH/c8-7-3-5(1-2-11-7)6(10)4-9;/h1-3,6H,4,10H2;1H/t6-;/m0./s1. The lowest BCUT2D eigenvalue weighted by molar-refractivity contribution is 0.437. The molecule has 1 aromatic heterocycles. The first-order valence-corrected chi connectivity index (χ1v) is 3.96. The maximum Gasteiger partial charge on any atom is 0.109 e. The van der Waals surface area contributed by atoms with E-state index >= 15 is 0 Å². The first kappa shape index (κ1) is 11.8. The van der Waals surface area contributed by atoms with Crippen LogP contribution < -0.4 is 5.73 Å². The van der Waals surface area contributed by atoms with Gasteiger partial charge in [0, 0.05) is 6.20 Å². The molecule has 68 valence electrons. The second-order valence-electron chi connectivity index (χ2n) is 2.17. The molecule has 0 saturated heterocycles. The van der Waals surface area contributed by atoms with Crippen LogP contribution in [0.2, 0.25) is 0 Å². The van der Waals surface area contributed by atoms with E-state index in [2.05, 4.69) is 20.9 Å². The number of nitrogens with zero attached hydrogens (tertiary/aromatic N) is 1. The van der Waals surface area contributed by atoms with Crippen molar-refractivity contribution in [2.45, 2.75) is 6.04 Å². The van der Waals surface area contributed by atoms with Gasteiger partial charge in [0.1, 0.15) is 11.3 Å². The van der Waals surface area contributed by atoms with Gasteiger partial charge in [-0.05, 0) is 33.6 Å². The average Bonchev–Trinajstić information content (AvgIpc) is 2.03. The predicted molar refractivity (Wildman–Crippen MR) is 52.1 cm³/mol. The molecule has 0 bridgehead atoms. The van der Waals surface area contributed by atoms with Gasteiger partial charge in [-0.15, -0.1) is 12.4 Å². The lowest BCUT2D eigenvalue weighted by Crippen LogP contribution is -2.11. The Hall–Kier alpha value is -0.190. The fraction of sp³-hybridized carbons (Fsp3) is 0.286. The van der Waals surface area contributed by atoms with Gasteiger partial charge >= 0.3 is 0 Å². The molecular weight excluding hydrogens is 246 g/mol. The zero-order valence-corrected chi connectivity index (χ0v) is 8.61. The van der Waals surface area contributed by atoms with Gasteiger partial charge in [0.2, 0.25) is 0 Å². The smallest absolute Gasteiger partial charge is 0.109 e. The van der Waals surface area contributed by atoms with Gasteiger partial charge in [-0.2, -0.15) is 0 Å². The Bertz CT molecular complexity index is 247. The quantitative estimate of drug-likeness (QED) is 0.823. The SMILES string of the molecule is Cl.N[C@@H](CF)c1ccnc(Br)c1. The molecule has 1 rings (SSSR count). The van der Waals surface area contributed by atoms with E-state index in [4.69, 9.17) is 5.73 Å². The van der Waals surface area contributed by atoms with Crippen LogP contribution >= 0.6 is 28.3 Å². The van der Waals surface area contributed by atoms with Gasteiger partial charge in [0.15, 0.2) is 0 Å². The molecule has 0 spiro atoms. The molecule has 1 aromatic rings. The predicted octanol–water partition coefficient (Wildman–Crippen LogP) is 2.24. The molecule has 1 atom stereocenters. The van der Waals surface area contributed by atoms with Gasteiger partial charge in [0.05, 0.1) is 6.04 Å². The summed E-state index contributed by atoms with van der Waals surface area (Å²) in [5, 5.41) is 0. The highest BCUT2D eigenvalue weighted by atomic mass is 79.9. The fourth-order valence-corrected chi connectivity index (χ4v) is 1.12. The topological polar surface area (TPSA) is 38.9 Å². The Morgan fingerprint density at radius 2 is 2.33 bits per heavy atom. The average molecular weight is 256 g/mol. The molecule has 0 saturated carbocycles. The molecule has 0 fully saturated rings. The molecule has 5 heteroatoms. The van der Waals surface area contributed by atoms with Gasteiger partial charge in [-0.25, -0.2) is 9.37 Å². The minimum absolute atomic E-state index is 0. The fourth-order valence-electron chi connectivity index (χ4n) is 0.737. The summed E-state index contributed by atoms with van der Waals surface area (Å²) in [4.78, 5) is 3.90. The van der Waals surface area contributed by atoms with Crippen molar-refractivity contribution in [2.24, 2.45) is 5.73 Å². The highest BCUT2D eigenvalue weighted by molar-refractivity contribution is 9.10. The van der Waals surface area contributed by atoms with Crippen LogP contribution in [0, 0.1) is 0 Å². The maximum atomic E-state index is 12.0. The number of aromatic nitrogens is 1. The summed E-state index contributed by atoms with van der Waals surface area (Å²) < 4.78 is 12.7. The molecule has 0 unspecified atom stereocenters. The minimum Gasteiger partial charge on any atom is -0.322 e. The van der Waals surface area contributed by atoms with E-state index in [0.29, 0.717) is 4.60 Å². The van der Waals surface area contributed by atoms with Gasteiger partial charge < -0.3 is 5.73 Å². The highest BCUT2D eigenvalue weighted by Crippen LogP contribution is 2.14. The number of rotatable bonds is 2. The van der Waals surface area contributed by atoms with Crippen molar-refractivity contribution in [3.63, 3.8) is 0 Å². The van der Waals surface area contributed by atoms with E-state index in [0.717, 1.165) is 5.56 Å². The molecule has 12 heavy (non-hydrogen) atoms. The first-order chi connectivity index (χ1) is 5.24. The van der Waals surface area contributed by atoms with E-state index in [1.807, 2.05) is 0 Å². The molecule has 1 heterocycles. The number of halogens is 3. The summed E-state index contributed by atoms with van der Waals surface area (Å²) >= 11 is 3.17. The van der Waals surface area contributed by atoms with Crippen molar-refractivity contribution in [3.8, 4) is 0 Å². The molecule has 0 aliphatic rings. The third-order valence-electron chi connectivity index (χ3n) is 1.35. The lowest BCUT2D eigenvalue weighted by Gasteiger charge is -2.05. The normalized spacial score (nSPS) is 11.9.